The molecular weight excluding hydrogens is 382 g/mol. The van der Waals surface area contributed by atoms with Gasteiger partial charge in [0.15, 0.2) is 0 Å². The van der Waals surface area contributed by atoms with Gasteiger partial charge < -0.3 is 14.4 Å². The highest BCUT2D eigenvalue weighted by molar-refractivity contribution is 9.10. The molecule has 1 fully saturated rings. The molecule has 1 aromatic rings. The molecule has 2 heterocycles. The van der Waals surface area contributed by atoms with E-state index in [0.29, 0.717) is 30.6 Å². The number of carbonyl (C=O) groups excluding carboxylic acids is 1. The summed E-state index contributed by atoms with van der Waals surface area (Å²) in [5, 5.41) is 0.676. The van der Waals surface area contributed by atoms with Gasteiger partial charge >= 0.3 is 6.09 Å². The summed E-state index contributed by atoms with van der Waals surface area (Å²) < 4.78 is 12.3. The van der Waals surface area contributed by atoms with Gasteiger partial charge in [0, 0.05) is 29.6 Å². The van der Waals surface area contributed by atoms with Crippen LogP contribution in [0.1, 0.15) is 38.7 Å². The van der Waals surface area contributed by atoms with Crippen molar-refractivity contribution in [2.75, 3.05) is 19.7 Å². The van der Waals surface area contributed by atoms with E-state index in [-0.39, 0.29) is 12.0 Å². The number of halogens is 2. The molecule has 126 valence electrons. The molecular formula is C17H21BrClNO3. The number of nitrogens with zero attached hydrogens (tertiary/aromatic N) is 1. The van der Waals surface area contributed by atoms with Crippen LogP contribution in [0.4, 0.5) is 4.79 Å². The van der Waals surface area contributed by atoms with Crippen LogP contribution in [-0.2, 0) is 4.74 Å². The van der Waals surface area contributed by atoms with Gasteiger partial charge in [-0.15, -0.1) is 0 Å². The lowest BCUT2D eigenvalue weighted by Gasteiger charge is -2.24. The number of fused-ring (bicyclic) bond motifs is 3. The SMILES string of the molecule is CC(C)(C)OC(=O)N1C[C@@H]2CCOc3c(Br)cc(Cl)cc3[C@H]2C1. The maximum Gasteiger partial charge on any atom is 0.410 e. The molecule has 2 aliphatic heterocycles. The van der Waals surface area contributed by atoms with Gasteiger partial charge in [0.25, 0.3) is 0 Å². The molecule has 0 saturated carbocycles. The van der Waals surface area contributed by atoms with Crippen LogP contribution in [0.2, 0.25) is 5.02 Å². The average Bonchev–Trinajstić information content (AvgIpc) is 2.76. The quantitative estimate of drug-likeness (QED) is 0.623. The molecule has 0 aromatic heterocycles. The van der Waals surface area contributed by atoms with Gasteiger partial charge in [0.1, 0.15) is 11.4 Å². The molecule has 2 aliphatic rings. The molecule has 0 unspecified atom stereocenters. The lowest BCUT2D eigenvalue weighted by molar-refractivity contribution is 0.0284. The predicted molar refractivity (Wildman–Crippen MR) is 93.3 cm³/mol. The highest BCUT2D eigenvalue weighted by atomic mass is 79.9. The van der Waals surface area contributed by atoms with E-state index >= 15 is 0 Å². The van der Waals surface area contributed by atoms with Crippen LogP contribution in [0.5, 0.6) is 5.75 Å². The summed E-state index contributed by atoms with van der Waals surface area (Å²) in [5.74, 6) is 1.46. The van der Waals surface area contributed by atoms with Crippen molar-refractivity contribution < 1.29 is 14.3 Å². The van der Waals surface area contributed by atoms with Crippen molar-refractivity contribution in [3.8, 4) is 5.75 Å². The number of rotatable bonds is 0. The molecule has 0 bridgehead atoms. The standard InChI is InChI=1S/C17H21BrClNO3/c1-17(2,3)23-16(21)20-8-10-4-5-22-15-12(13(10)9-20)6-11(19)7-14(15)18/h6-7,10,13H,4-5,8-9H2,1-3H3/t10-,13-/m0/s1. The molecule has 1 saturated heterocycles. The minimum Gasteiger partial charge on any atom is -0.492 e. The number of ether oxygens (including phenoxy) is 2. The predicted octanol–water partition coefficient (Wildman–Crippen LogP) is 4.84. The summed E-state index contributed by atoms with van der Waals surface area (Å²) in [6.07, 6.45) is 0.678. The van der Waals surface area contributed by atoms with Crippen LogP contribution >= 0.6 is 27.5 Å². The van der Waals surface area contributed by atoms with Gasteiger partial charge in [-0.3, -0.25) is 0 Å². The zero-order valence-corrected chi connectivity index (χ0v) is 15.9. The normalized spacial score (nSPS) is 23.6. The topological polar surface area (TPSA) is 38.8 Å². The molecule has 2 atom stereocenters. The van der Waals surface area contributed by atoms with E-state index in [4.69, 9.17) is 21.1 Å². The number of benzene rings is 1. The Morgan fingerprint density at radius 1 is 1.39 bits per heavy atom. The summed E-state index contributed by atoms with van der Waals surface area (Å²) in [4.78, 5) is 14.2. The van der Waals surface area contributed by atoms with E-state index in [0.717, 1.165) is 22.2 Å². The first-order chi connectivity index (χ1) is 10.7. The first-order valence-electron chi connectivity index (χ1n) is 7.84. The lowest BCUT2D eigenvalue weighted by atomic mass is 9.87. The minimum atomic E-state index is -0.477. The van der Waals surface area contributed by atoms with E-state index < -0.39 is 5.60 Å². The number of likely N-dealkylation sites (tertiary alicyclic amines) is 1. The Kier molecular flexibility index (Phi) is 4.53. The van der Waals surface area contributed by atoms with Crippen LogP contribution < -0.4 is 4.74 Å². The molecule has 4 nitrogen and oxygen atoms in total. The number of hydrogen-bond acceptors (Lipinski definition) is 3. The lowest BCUT2D eigenvalue weighted by Crippen LogP contribution is -2.35. The van der Waals surface area contributed by atoms with Gasteiger partial charge in [-0.1, -0.05) is 11.6 Å². The van der Waals surface area contributed by atoms with Crippen molar-refractivity contribution in [2.45, 2.75) is 38.7 Å². The average molecular weight is 403 g/mol. The van der Waals surface area contributed by atoms with Crippen molar-refractivity contribution in [1.82, 2.24) is 4.90 Å². The maximum absolute atomic E-state index is 12.4. The first kappa shape index (κ1) is 16.9. The van der Waals surface area contributed by atoms with Crippen molar-refractivity contribution in [3.05, 3.63) is 27.2 Å². The second kappa shape index (κ2) is 6.17. The smallest absolute Gasteiger partial charge is 0.410 e. The Labute approximate surface area is 150 Å². The largest absolute Gasteiger partial charge is 0.492 e. The van der Waals surface area contributed by atoms with Crippen LogP contribution in [0.25, 0.3) is 0 Å². The molecule has 1 aromatic carbocycles. The number of hydrogen-bond donors (Lipinski definition) is 0. The molecule has 0 aliphatic carbocycles. The zero-order chi connectivity index (χ0) is 16.8. The van der Waals surface area contributed by atoms with Gasteiger partial charge in [0.05, 0.1) is 11.1 Å². The van der Waals surface area contributed by atoms with Crippen molar-refractivity contribution in [3.63, 3.8) is 0 Å². The minimum absolute atomic E-state index is 0.231. The summed E-state index contributed by atoms with van der Waals surface area (Å²) in [5.41, 5.74) is 0.604. The van der Waals surface area contributed by atoms with Crippen LogP contribution in [-0.4, -0.2) is 36.3 Å². The Morgan fingerprint density at radius 2 is 2.13 bits per heavy atom. The van der Waals surface area contributed by atoms with E-state index in [1.54, 1.807) is 0 Å². The Hall–Kier alpha value is -0.940. The summed E-state index contributed by atoms with van der Waals surface area (Å²) in [7, 11) is 0. The molecule has 0 spiro atoms. The third-order valence-corrected chi connectivity index (χ3v) is 5.07. The molecule has 3 rings (SSSR count). The summed E-state index contributed by atoms with van der Waals surface area (Å²) >= 11 is 9.75. The number of carbonyl (C=O) groups is 1. The Morgan fingerprint density at radius 3 is 2.83 bits per heavy atom. The van der Waals surface area contributed by atoms with Gasteiger partial charge in [-0.25, -0.2) is 4.79 Å². The zero-order valence-electron chi connectivity index (χ0n) is 13.6. The second-order valence-electron chi connectivity index (χ2n) is 7.19. The van der Waals surface area contributed by atoms with E-state index in [1.165, 1.54) is 0 Å². The monoisotopic (exact) mass is 401 g/mol. The number of amides is 1. The van der Waals surface area contributed by atoms with Gasteiger partial charge in [0.2, 0.25) is 0 Å². The third kappa shape index (κ3) is 3.61. The van der Waals surface area contributed by atoms with E-state index in [1.807, 2.05) is 37.8 Å². The van der Waals surface area contributed by atoms with Crippen molar-refractivity contribution >= 4 is 33.6 Å². The molecule has 6 heteroatoms. The molecule has 0 radical (unpaired) electrons. The summed E-state index contributed by atoms with van der Waals surface area (Å²) in [6.45, 7) is 7.66. The molecule has 0 N–H and O–H groups in total. The van der Waals surface area contributed by atoms with Crippen LogP contribution in [0.15, 0.2) is 16.6 Å². The van der Waals surface area contributed by atoms with Crippen molar-refractivity contribution in [1.29, 1.82) is 0 Å². The fourth-order valence-corrected chi connectivity index (χ4v) is 4.26. The fourth-order valence-electron chi connectivity index (χ4n) is 3.31. The Bertz CT molecular complexity index is 629. The second-order valence-corrected chi connectivity index (χ2v) is 8.49. The third-order valence-electron chi connectivity index (χ3n) is 4.26. The van der Waals surface area contributed by atoms with Crippen LogP contribution in [0.3, 0.4) is 0 Å². The molecule has 1 amide bonds. The first-order valence-corrected chi connectivity index (χ1v) is 9.01. The maximum atomic E-state index is 12.4. The van der Waals surface area contributed by atoms with Crippen molar-refractivity contribution in [2.24, 2.45) is 5.92 Å². The van der Waals surface area contributed by atoms with E-state index in [2.05, 4.69) is 15.9 Å². The highest BCUT2D eigenvalue weighted by Crippen LogP contribution is 2.45. The van der Waals surface area contributed by atoms with Gasteiger partial charge in [-0.05, 0) is 61.2 Å². The Balaban J connectivity index is 1.86. The molecule has 23 heavy (non-hydrogen) atoms. The summed E-state index contributed by atoms with van der Waals surface area (Å²) in [6, 6.07) is 3.81. The van der Waals surface area contributed by atoms with E-state index in [9.17, 15) is 4.79 Å². The van der Waals surface area contributed by atoms with Crippen LogP contribution in [0, 0.1) is 5.92 Å². The fraction of sp³-hybridized carbons (Fsp3) is 0.588. The van der Waals surface area contributed by atoms with Gasteiger partial charge in [-0.2, -0.15) is 0 Å². The highest BCUT2D eigenvalue weighted by Gasteiger charge is 2.40.